The normalized spacial score (nSPS) is 10.6. The number of anilines is 1. The van der Waals surface area contributed by atoms with Gasteiger partial charge in [-0.1, -0.05) is 22.0 Å². The smallest absolute Gasteiger partial charge is 0.340 e. The Balaban J connectivity index is 1.62. The number of carbonyl (C=O) groups is 2. The monoisotopic (exact) mass is 455 g/mol. The van der Waals surface area contributed by atoms with E-state index in [2.05, 4.69) is 26.2 Å². The van der Waals surface area contributed by atoms with Crippen molar-refractivity contribution in [2.24, 2.45) is 0 Å². The molecule has 3 rings (SSSR count). The molecule has 2 heterocycles. The first-order valence-electron chi connectivity index (χ1n) is 9.15. The van der Waals surface area contributed by atoms with Crippen molar-refractivity contribution in [1.29, 1.82) is 0 Å². The molecule has 1 amide bonds. The maximum atomic E-state index is 12.5. The SMILES string of the molecule is Cc1cc(NC(=O)COC(=O)c2cc(C)n(Cc3ccccn3)c2C)ccc1Br. The van der Waals surface area contributed by atoms with E-state index >= 15 is 0 Å². The molecule has 0 bridgehead atoms. The fourth-order valence-electron chi connectivity index (χ4n) is 3.03. The summed E-state index contributed by atoms with van der Waals surface area (Å²) in [5, 5.41) is 2.73. The molecule has 29 heavy (non-hydrogen) atoms. The molecule has 2 aromatic heterocycles. The van der Waals surface area contributed by atoms with Crippen molar-refractivity contribution in [3.8, 4) is 0 Å². The molecule has 0 aliphatic heterocycles. The van der Waals surface area contributed by atoms with Gasteiger partial charge < -0.3 is 14.6 Å². The molecule has 0 aliphatic carbocycles. The molecule has 0 atom stereocenters. The second-order valence-corrected chi connectivity index (χ2v) is 7.63. The number of halogens is 1. The Morgan fingerprint density at radius 1 is 1.14 bits per heavy atom. The highest BCUT2D eigenvalue weighted by atomic mass is 79.9. The van der Waals surface area contributed by atoms with Crippen LogP contribution in [-0.4, -0.2) is 28.0 Å². The molecule has 3 aromatic rings. The van der Waals surface area contributed by atoms with Gasteiger partial charge in [-0.05, 0) is 62.7 Å². The standard InChI is InChI=1S/C22H22BrN3O3/c1-14-10-17(7-8-20(14)23)25-21(27)13-29-22(28)19-11-15(2)26(16(19)3)12-18-6-4-5-9-24-18/h4-11H,12-13H2,1-3H3,(H,25,27). The van der Waals surface area contributed by atoms with Crippen molar-refractivity contribution in [2.75, 3.05) is 11.9 Å². The van der Waals surface area contributed by atoms with Crippen LogP contribution in [0.4, 0.5) is 5.69 Å². The van der Waals surface area contributed by atoms with Gasteiger partial charge in [0.15, 0.2) is 6.61 Å². The number of carbonyl (C=O) groups excluding carboxylic acids is 2. The van der Waals surface area contributed by atoms with Crippen molar-refractivity contribution < 1.29 is 14.3 Å². The number of hydrogen-bond donors (Lipinski definition) is 1. The van der Waals surface area contributed by atoms with Gasteiger partial charge >= 0.3 is 5.97 Å². The van der Waals surface area contributed by atoms with Gasteiger partial charge in [0.25, 0.3) is 5.91 Å². The molecule has 1 N–H and O–H groups in total. The van der Waals surface area contributed by atoms with E-state index in [1.54, 1.807) is 18.3 Å². The van der Waals surface area contributed by atoms with Crippen LogP contribution in [-0.2, 0) is 16.1 Å². The van der Waals surface area contributed by atoms with Crippen LogP contribution in [0, 0.1) is 20.8 Å². The lowest BCUT2D eigenvalue weighted by Gasteiger charge is -2.10. The molecule has 0 fully saturated rings. The second-order valence-electron chi connectivity index (χ2n) is 6.78. The van der Waals surface area contributed by atoms with Crippen LogP contribution < -0.4 is 5.32 Å². The van der Waals surface area contributed by atoms with Crippen LogP contribution in [0.1, 0.15) is 33.0 Å². The molecular formula is C22H22BrN3O3. The Morgan fingerprint density at radius 2 is 1.93 bits per heavy atom. The van der Waals surface area contributed by atoms with Gasteiger partial charge in [-0.3, -0.25) is 9.78 Å². The van der Waals surface area contributed by atoms with Gasteiger partial charge in [0.1, 0.15) is 0 Å². The third kappa shape index (κ3) is 5.12. The van der Waals surface area contributed by atoms with E-state index in [0.717, 1.165) is 27.1 Å². The Hall–Kier alpha value is -2.93. The zero-order chi connectivity index (χ0) is 21.0. The summed E-state index contributed by atoms with van der Waals surface area (Å²) in [6.07, 6.45) is 1.74. The van der Waals surface area contributed by atoms with E-state index in [0.29, 0.717) is 17.8 Å². The van der Waals surface area contributed by atoms with Gasteiger partial charge in [-0.2, -0.15) is 0 Å². The zero-order valence-electron chi connectivity index (χ0n) is 16.5. The van der Waals surface area contributed by atoms with E-state index in [1.165, 1.54) is 0 Å². The Morgan fingerprint density at radius 3 is 2.62 bits per heavy atom. The number of ether oxygens (including phenoxy) is 1. The van der Waals surface area contributed by atoms with E-state index in [9.17, 15) is 9.59 Å². The fraction of sp³-hybridized carbons (Fsp3) is 0.227. The molecule has 0 aliphatic rings. The topological polar surface area (TPSA) is 73.2 Å². The molecule has 0 unspecified atom stereocenters. The van der Waals surface area contributed by atoms with Crippen LogP contribution in [0.3, 0.4) is 0 Å². The first-order chi connectivity index (χ1) is 13.8. The number of nitrogens with zero attached hydrogens (tertiary/aromatic N) is 2. The number of nitrogens with one attached hydrogen (secondary N) is 1. The number of hydrogen-bond acceptors (Lipinski definition) is 4. The Kier molecular flexibility index (Phi) is 6.49. The van der Waals surface area contributed by atoms with Gasteiger partial charge in [-0.15, -0.1) is 0 Å². The quantitative estimate of drug-likeness (QED) is 0.558. The first kappa shape index (κ1) is 20.8. The van der Waals surface area contributed by atoms with Gasteiger partial charge in [-0.25, -0.2) is 4.79 Å². The van der Waals surface area contributed by atoms with Crippen LogP contribution in [0.25, 0.3) is 0 Å². The molecule has 0 saturated heterocycles. The van der Waals surface area contributed by atoms with Crippen LogP contribution in [0.15, 0.2) is 53.1 Å². The Labute approximate surface area is 178 Å². The predicted octanol–water partition coefficient (Wildman–Crippen LogP) is 4.41. The summed E-state index contributed by atoms with van der Waals surface area (Å²) in [5.74, 6) is -0.908. The summed E-state index contributed by atoms with van der Waals surface area (Å²) in [4.78, 5) is 29.0. The predicted molar refractivity (Wildman–Crippen MR) is 115 cm³/mol. The molecule has 150 valence electrons. The minimum absolute atomic E-state index is 0.349. The highest BCUT2D eigenvalue weighted by Crippen LogP contribution is 2.20. The average molecular weight is 456 g/mol. The summed E-state index contributed by atoms with van der Waals surface area (Å²) in [6, 6.07) is 13.0. The van der Waals surface area contributed by atoms with Crippen molar-refractivity contribution in [1.82, 2.24) is 9.55 Å². The summed E-state index contributed by atoms with van der Waals surface area (Å²) >= 11 is 3.42. The van der Waals surface area contributed by atoms with Crippen molar-refractivity contribution in [3.05, 3.63) is 81.3 Å². The van der Waals surface area contributed by atoms with E-state index in [-0.39, 0.29) is 12.5 Å². The van der Waals surface area contributed by atoms with Crippen molar-refractivity contribution in [2.45, 2.75) is 27.3 Å². The summed E-state index contributed by atoms with van der Waals surface area (Å²) in [7, 11) is 0. The first-order valence-corrected chi connectivity index (χ1v) is 9.94. The third-order valence-electron chi connectivity index (χ3n) is 4.62. The maximum Gasteiger partial charge on any atom is 0.340 e. The van der Waals surface area contributed by atoms with Crippen LogP contribution >= 0.6 is 15.9 Å². The van der Waals surface area contributed by atoms with Gasteiger partial charge in [0, 0.05) is 27.7 Å². The minimum Gasteiger partial charge on any atom is -0.452 e. The fourth-order valence-corrected chi connectivity index (χ4v) is 3.28. The molecule has 0 spiro atoms. The molecule has 1 aromatic carbocycles. The zero-order valence-corrected chi connectivity index (χ0v) is 18.1. The summed E-state index contributed by atoms with van der Waals surface area (Å²) < 4.78 is 8.19. The Bertz CT molecular complexity index is 1040. The van der Waals surface area contributed by atoms with E-state index in [4.69, 9.17) is 4.74 Å². The molecule has 6 nitrogen and oxygen atoms in total. The molecule has 7 heteroatoms. The summed E-state index contributed by atoms with van der Waals surface area (Å²) in [6.45, 7) is 5.93. The third-order valence-corrected chi connectivity index (χ3v) is 5.51. The largest absolute Gasteiger partial charge is 0.452 e. The molecule has 0 radical (unpaired) electrons. The maximum absolute atomic E-state index is 12.5. The van der Waals surface area contributed by atoms with Gasteiger partial charge in [0.05, 0.1) is 17.8 Å². The number of rotatable bonds is 6. The van der Waals surface area contributed by atoms with Crippen molar-refractivity contribution >= 4 is 33.5 Å². The second kappa shape index (κ2) is 9.05. The highest BCUT2D eigenvalue weighted by molar-refractivity contribution is 9.10. The van der Waals surface area contributed by atoms with E-state index < -0.39 is 5.97 Å². The van der Waals surface area contributed by atoms with Gasteiger partial charge in [0.2, 0.25) is 0 Å². The van der Waals surface area contributed by atoms with Crippen LogP contribution in [0.5, 0.6) is 0 Å². The average Bonchev–Trinajstić information content (AvgIpc) is 2.98. The number of aryl methyl sites for hydroxylation is 2. The van der Waals surface area contributed by atoms with Crippen molar-refractivity contribution in [3.63, 3.8) is 0 Å². The lowest BCUT2D eigenvalue weighted by atomic mass is 10.2. The number of amides is 1. The highest BCUT2D eigenvalue weighted by Gasteiger charge is 2.18. The number of aromatic nitrogens is 2. The lowest BCUT2D eigenvalue weighted by molar-refractivity contribution is -0.119. The molecular weight excluding hydrogens is 434 g/mol. The minimum atomic E-state index is -0.521. The molecule has 0 saturated carbocycles. The number of benzene rings is 1. The van der Waals surface area contributed by atoms with Crippen LogP contribution in [0.2, 0.25) is 0 Å². The number of pyridine rings is 1. The number of esters is 1. The van der Waals surface area contributed by atoms with E-state index in [1.807, 2.05) is 55.7 Å². The lowest BCUT2D eigenvalue weighted by Crippen LogP contribution is -2.21. The summed E-state index contributed by atoms with van der Waals surface area (Å²) in [5.41, 5.74) is 4.71.